The number of nitrogens with zero attached hydrogens (tertiary/aromatic N) is 2. The molecule has 2 aliphatic heterocycles. The van der Waals surface area contributed by atoms with Gasteiger partial charge in [-0.2, -0.15) is 13.2 Å². The van der Waals surface area contributed by atoms with Gasteiger partial charge in [-0.15, -0.1) is 0 Å². The molecule has 5 rings (SSSR count). The van der Waals surface area contributed by atoms with Gasteiger partial charge in [0.15, 0.2) is 9.84 Å². The van der Waals surface area contributed by atoms with E-state index in [1.807, 2.05) is 41.3 Å². The lowest BCUT2D eigenvalue weighted by atomic mass is 9.82. The molecule has 0 aliphatic carbocycles. The van der Waals surface area contributed by atoms with Gasteiger partial charge in [-0.25, -0.2) is 13.4 Å². The summed E-state index contributed by atoms with van der Waals surface area (Å²) >= 11 is 0. The molecular weight excluding hydrogens is 489 g/mol. The number of ether oxygens (including phenoxy) is 1. The van der Waals surface area contributed by atoms with Crippen molar-refractivity contribution in [1.29, 1.82) is 0 Å². The van der Waals surface area contributed by atoms with E-state index in [1.54, 1.807) is 0 Å². The van der Waals surface area contributed by atoms with Crippen molar-refractivity contribution >= 4 is 15.7 Å². The van der Waals surface area contributed by atoms with E-state index in [9.17, 15) is 21.6 Å². The fraction of sp³-hybridized carbons (Fsp3) is 0.370. The molecule has 1 fully saturated rings. The predicted molar refractivity (Wildman–Crippen MR) is 133 cm³/mol. The Balaban J connectivity index is 1.24. The van der Waals surface area contributed by atoms with Crippen LogP contribution in [-0.4, -0.2) is 38.3 Å². The zero-order valence-corrected chi connectivity index (χ0v) is 20.7. The summed E-state index contributed by atoms with van der Waals surface area (Å²) in [6, 6.07) is 16.3. The standard InChI is InChI=1S/C27H27F3N2O3S/c1-36(33,34)18-19-2-4-20(5-3-19)21-6-8-24-22(16-21)10-11-26(35-24)12-14-32(15-13-26)25-9-7-23(17-31-25)27(28,29)30/h2-9,16-17H,10-15,18H2,1H3. The van der Waals surface area contributed by atoms with Gasteiger partial charge in [0.2, 0.25) is 0 Å². The number of fused-ring (bicyclic) bond motifs is 1. The fourth-order valence-electron chi connectivity index (χ4n) is 5.03. The van der Waals surface area contributed by atoms with Gasteiger partial charge in [0.05, 0.1) is 11.3 Å². The van der Waals surface area contributed by atoms with Crippen LogP contribution in [0.1, 0.15) is 36.0 Å². The zero-order chi connectivity index (χ0) is 25.6. The Hall–Kier alpha value is -3.07. The summed E-state index contributed by atoms with van der Waals surface area (Å²) in [6.07, 6.45) is 1.05. The van der Waals surface area contributed by atoms with Crippen molar-refractivity contribution in [3.8, 4) is 16.9 Å². The van der Waals surface area contributed by atoms with Crippen molar-refractivity contribution in [2.45, 2.75) is 43.2 Å². The maximum atomic E-state index is 12.8. The largest absolute Gasteiger partial charge is 0.487 e. The Labute approximate surface area is 208 Å². The second kappa shape index (κ2) is 9.10. The molecule has 0 atom stereocenters. The monoisotopic (exact) mass is 516 g/mol. The smallest absolute Gasteiger partial charge is 0.417 e. The zero-order valence-electron chi connectivity index (χ0n) is 19.9. The van der Waals surface area contributed by atoms with Crippen molar-refractivity contribution in [3.63, 3.8) is 0 Å². The predicted octanol–water partition coefficient (Wildman–Crippen LogP) is 5.68. The highest BCUT2D eigenvalue weighted by molar-refractivity contribution is 7.89. The number of rotatable bonds is 4. The van der Waals surface area contributed by atoms with Crippen molar-refractivity contribution in [1.82, 2.24) is 4.98 Å². The maximum Gasteiger partial charge on any atom is 0.417 e. The third kappa shape index (κ3) is 5.36. The van der Waals surface area contributed by atoms with E-state index in [-0.39, 0.29) is 11.4 Å². The molecular formula is C27H27F3N2O3S. The average Bonchev–Trinajstić information content (AvgIpc) is 2.83. The highest BCUT2D eigenvalue weighted by Gasteiger charge is 2.40. The van der Waals surface area contributed by atoms with Crippen LogP contribution < -0.4 is 9.64 Å². The highest BCUT2D eigenvalue weighted by Crippen LogP contribution is 2.41. The summed E-state index contributed by atoms with van der Waals surface area (Å²) in [7, 11) is -3.07. The van der Waals surface area contributed by atoms with Crippen LogP contribution in [0.15, 0.2) is 60.8 Å². The van der Waals surface area contributed by atoms with E-state index in [0.717, 1.165) is 65.9 Å². The number of benzene rings is 2. The van der Waals surface area contributed by atoms with Crippen LogP contribution >= 0.6 is 0 Å². The molecule has 2 aromatic carbocycles. The summed E-state index contributed by atoms with van der Waals surface area (Å²) in [5.41, 5.74) is 2.98. The molecule has 36 heavy (non-hydrogen) atoms. The SMILES string of the molecule is CS(=O)(=O)Cc1ccc(-c2ccc3c(c2)CCC2(CCN(c4ccc(C(F)(F)F)cn4)CC2)O3)cc1. The van der Waals surface area contributed by atoms with Gasteiger partial charge in [-0.3, -0.25) is 0 Å². The molecule has 0 bridgehead atoms. The van der Waals surface area contributed by atoms with Gasteiger partial charge >= 0.3 is 6.18 Å². The molecule has 3 heterocycles. The lowest BCUT2D eigenvalue weighted by Crippen LogP contribution is -2.50. The first-order chi connectivity index (χ1) is 17.0. The Bertz CT molecular complexity index is 1350. The van der Waals surface area contributed by atoms with E-state index in [1.165, 1.54) is 12.3 Å². The highest BCUT2D eigenvalue weighted by atomic mass is 32.2. The van der Waals surface area contributed by atoms with Gasteiger partial charge in [0, 0.05) is 38.4 Å². The van der Waals surface area contributed by atoms with Gasteiger partial charge in [-0.05, 0) is 59.4 Å². The van der Waals surface area contributed by atoms with Crippen molar-refractivity contribution in [2.24, 2.45) is 0 Å². The summed E-state index contributed by atoms with van der Waals surface area (Å²) in [6.45, 7) is 1.34. The molecule has 1 spiro atoms. The third-order valence-electron chi connectivity index (χ3n) is 7.03. The lowest BCUT2D eigenvalue weighted by Gasteiger charge is -2.45. The number of pyridine rings is 1. The molecule has 2 aliphatic rings. The molecule has 0 N–H and O–H groups in total. The molecule has 9 heteroatoms. The minimum atomic E-state index is -4.39. The number of sulfone groups is 1. The first kappa shape index (κ1) is 24.6. The molecule has 3 aromatic rings. The minimum Gasteiger partial charge on any atom is -0.487 e. The van der Waals surface area contributed by atoms with Crippen LogP contribution in [0, 0.1) is 0 Å². The first-order valence-electron chi connectivity index (χ1n) is 11.9. The van der Waals surface area contributed by atoms with Gasteiger partial charge in [0.1, 0.15) is 17.2 Å². The Morgan fingerprint density at radius 1 is 0.972 bits per heavy atom. The normalized spacial score (nSPS) is 17.5. The molecule has 190 valence electrons. The summed E-state index contributed by atoms with van der Waals surface area (Å²) < 4.78 is 68.0. The van der Waals surface area contributed by atoms with E-state index < -0.39 is 21.6 Å². The molecule has 0 unspecified atom stereocenters. The number of hydrogen-bond acceptors (Lipinski definition) is 5. The molecule has 1 aromatic heterocycles. The summed E-state index contributed by atoms with van der Waals surface area (Å²) in [5, 5.41) is 0. The van der Waals surface area contributed by atoms with Crippen LogP contribution in [-0.2, 0) is 28.2 Å². The maximum absolute atomic E-state index is 12.8. The second-order valence-electron chi connectivity index (χ2n) is 9.76. The van der Waals surface area contributed by atoms with Crippen LogP contribution in [0.5, 0.6) is 5.75 Å². The minimum absolute atomic E-state index is 0.0275. The van der Waals surface area contributed by atoms with Crippen molar-refractivity contribution in [3.05, 3.63) is 77.5 Å². The first-order valence-corrected chi connectivity index (χ1v) is 13.9. The van der Waals surface area contributed by atoms with E-state index in [2.05, 4.69) is 11.1 Å². The number of anilines is 1. The van der Waals surface area contributed by atoms with Crippen molar-refractivity contribution < 1.29 is 26.3 Å². The summed E-state index contributed by atoms with van der Waals surface area (Å²) in [5.74, 6) is 1.46. The quantitative estimate of drug-likeness (QED) is 0.447. The number of alkyl halides is 3. The average molecular weight is 517 g/mol. The Morgan fingerprint density at radius 2 is 1.67 bits per heavy atom. The number of aryl methyl sites for hydroxylation is 1. The van der Waals surface area contributed by atoms with Crippen molar-refractivity contribution in [2.75, 3.05) is 24.2 Å². The number of piperidine rings is 1. The topological polar surface area (TPSA) is 59.5 Å². The van der Waals surface area contributed by atoms with Crippen LogP contribution in [0.4, 0.5) is 19.0 Å². The number of halogens is 3. The van der Waals surface area contributed by atoms with E-state index in [4.69, 9.17) is 4.74 Å². The Morgan fingerprint density at radius 3 is 2.28 bits per heavy atom. The van der Waals surface area contributed by atoms with Gasteiger partial charge in [-0.1, -0.05) is 30.3 Å². The fourth-order valence-corrected chi connectivity index (χ4v) is 5.83. The number of aromatic nitrogens is 1. The third-order valence-corrected chi connectivity index (χ3v) is 7.88. The lowest BCUT2D eigenvalue weighted by molar-refractivity contribution is -0.137. The molecule has 1 saturated heterocycles. The van der Waals surface area contributed by atoms with E-state index in [0.29, 0.717) is 18.9 Å². The van der Waals surface area contributed by atoms with E-state index >= 15 is 0 Å². The Kier molecular flexibility index (Phi) is 6.22. The summed E-state index contributed by atoms with van der Waals surface area (Å²) in [4.78, 5) is 6.05. The molecule has 5 nitrogen and oxygen atoms in total. The molecule has 0 amide bonds. The van der Waals surface area contributed by atoms with Crippen LogP contribution in [0.25, 0.3) is 11.1 Å². The molecule has 0 radical (unpaired) electrons. The second-order valence-corrected chi connectivity index (χ2v) is 11.9. The number of hydrogen-bond donors (Lipinski definition) is 0. The van der Waals surface area contributed by atoms with Crippen LogP contribution in [0.2, 0.25) is 0 Å². The molecule has 0 saturated carbocycles. The van der Waals surface area contributed by atoms with Gasteiger partial charge < -0.3 is 9.64 Å². The van der Waals surface area contributed by atoms with Gasteiger partial charge in [0.25, 0.3) is 0 Å². The van der Waals surface area contributed by atoms with Crippen LogP contribution in [0.3, 0.4) is 0 Å².